The van der Waals surface area contributed by atoms with E-state index >= 15 is 0 Å². The van der Waals surface area contributed by atoms with Crippen molar-refractivity contribution in [3.63, 3.8) is 0 Å². The Bertz CT molecular complexity index is 931. The zero-order chi connectivity index (χ0) is 18.4. The Labute approximate surface area is 152 Å². The Kier molecular flexibility index (Phi) is 4.08. The van der Waals surface area contributed by atoms with Gasteiger partial charge in [0, 0.05) is 37.2 Å². The van der Waals surface area contributed by atoms with Crippen LogP contribution >= 0.6 is 0 Å². The molecule has 5 nitrogen and oxygen atoms in total. The molecule has 2 aliphatic heterocycles. The van der Waals surface area contributed by atoms with Crippen molar-refractivity contribution in [2.24, 2.45) is 5.41 Å². The van der Waals surface area contributed by atoms with Crippen molar-refractivity contribution in [3.05, 3.63) is 60.4 Å². The number of nitrogens with zero attached hydrogens (tertiary/aromatic N) is 2. The Morgan fingerprint density at radius 1 is 0.962 bits per heavy atom. The topological polar surface area (TPSA) is 57.7 Å². The first-order valence-electron chi connectivity index (χ1n) is 8.51. The smallest absolute Gasteiger partial charge is 0.243 e. The fourth-order valence-electron chi connectivity index (χ4n) is 3.87. The second kappa shape index (κ2) is 6.17. The van der Waals surface area contributed by atoms with Crippen LogP contribution in [0.3, 0.4) is 0 Å². The van der Waals surface area contributed by atoms with Crippen molar-refractivity contribution < 1.29 is 17.6 Å². The number of halogens is 1. The van der Waals surface area contributed by atoms with E-state index in [2.05, 4.69) is 0 Å². The van der Waals surface area contributed by atoms with Crippen LogP contribution in [0, 0.1) is 11.2 Å². The highest BCUT2D eigenvalue weighted by atomic mass is 32.2. The summed E-state index contributed by atoms with van der Waals surface area (Å²) >= 11 is 0. The Balaban J connectivity index is 1.55. The molecule has 0 unspecified atom stereocenters. The monoisotopic (exact) mass is 374 g/mol. The van der Waals surface area contributed by atoms with Gasteiger partial charge in [-0.2, -0.15) is 4.31 Å². The number of sulfonamides is 1. The summed E-state index contributed by atoms with van der Waals surface area (Å²) < 4.78 is 40.3. The summed E-state index contributed by atoms with van der Waals surface area (Å²) in [5.41, 5.74) is 0.269. The van der Waals surface area contributed by atoms with Gasteiger partial charge in [-0.15, -0.1) is 0 Å². The van der Waals surface area contributed by atoms with E-state index in [4.69, 9.17) is 0 Å². The van der Waals surface area contributed by atoms with E-state index in [-0.39, 0.29) is 22.0 Å². The third-order valence-corrected chi connectivity index (χ3v) is 7.10. The van der Waals surface area contributed by atoms with Gasteiger partial charge in [0.05, 0.1) is 4.90 Å². The molecule has 7 heteroatoms. The van der Waals surface area contributed by atoms with Crippen LogP contribution in [-0.2, 0) is 14.8 Å². The molecule has 0 saturated carbocycles. The molecule has 2 aromatic carbocycles. The number of hydrogen-bond acceptors (Lipinski definition) is 3. The van der Waals surface area contributed by atoms with E-state index in [9.17, 15) is 17.6 Å². The number of anilines is 1. The van der Waals surface area contributed by atoms with Gasteiger partial charge in [-0.25, -0.2) is 12.8 Å². The van der Waals surface area contributed by atoms with Crippen molar-refractivity contribution in [1.82, 2.24) is 4.31 Å². The van der Waals surface area contributed by atoms with E-state index in [1.165, 1.54) is 16.4 Å². The van der Waals surface area contributed by atoms with Gasteiger partial charge in [0.1, 0.15) is 5.82 Å². The van der Waals surface area contributed by atoms with Crippen LogP contribution in [-0.4, -0.2) is 38.3 Å². The van der Waals surface area contributed by atoms with Crippen LogP contribution in [0.25, 0.3) is 0 Å². The van der Waals surface area contributed by atoms with Gasteiger partial charge in [-0.1, -0.05) is 18.2 Å². The minimum Gasteiger partial charge on any atom is -0.312 e. The largest absolute Gasteiger partial charge is 0.312 e. The summed E-state index contributed by atoms with van der Waals surface area (Å²) in [6, 6.07) is 14.2. The molecule has 0 bridgehead atoms. The highest BCUT2D eigenvalue weighted by Gasteiger charge is 2.50. The predicted octanol–water partition coefficient (Wildman–Crippen LogP) is 2.64. The zero-order valence-corrected chi connectivity index (χ0v) is 15.0. The lowest BCUT2D eigenvalue weighted by Gasteiger charge is -2.24. The molecule has 0 N–H and O–H groups in total. The molecule has 136 valence electrons. The third-order valence-electron chi connectivity index (χ3n) is 5.24. The van der Waals surface area contributed by atoms with Crippen molar-refractivity contribution in [2.75, 3.05) is 24.5 Å². The van der Waals surface area contributed by atoms with Crippen LogP contribution in [0.1, 0.15) is 12.8 Å². The maximum Gasteiger partial charge on any atom is 0.243 e. The van der Waals surface area contributed by atoms with Crippen molar-refractivity contribution in [1.29, 1.82) is 0 Å². The third kappa shape index (κ3) is 2.91. The van der Waals surface area contributed by atoms with Gasteiger partial charge in [-0.05, 0) is 42.8 Å². The van der Waals surface area contributed by atoms with Gasteiger partial charge in [0.2, 0.25) is 15.9 Å². The fraction of sp³-hybridized carbons (Fsp3) is 0.316. The average molecular weight is 374 g/mol. The molecule has 2 aliphatic rings. The second-order valence-electron chi connectivity index (χ2n) is 7.03. The summed E-state index contributed by atoms with van der Waals surface area (Å²) in [5.74, 6) is -0.397. The van der Waals surface area contributed by atoms with Crippen LogP contribution in [0.2, 0.25) is 0 Å². The highest BCUT2D eigenvalue weighted by Crippen LogP contribution is 2.43. The van der Waals surface area contributed by atoms with Gasteiger partial charge in [0.15, 0.2) is 0 Å². The number of benzene rings is 2. The van der Waals surface area contributed by atoms with E-state index < -0.39 is 10.0 Å². The summed E-state index contributed by atoms with van der Waals surface area (Å²) in [6.45, 7) is 1.19. The second-order valence-corrected chi connectivity index (χ2v) is 8.97. The van der Waals surface area contributed by atoms with E-state index in [0.717, 1.165) is 0 Å². The van der Waals surface area contributed by atoms with Crippen molar-refractivity contribution in [3.8, 4) is 0 Å². The normalized spacial score (nSPS) is 23.9. The Hall–Kier alpha value is -2.25. The number of carbonyl (C=O) groups is 1. The van der Waals surface area contributed by atoms with Crippen molar-refractivity contribution in [2.45, 2.75) is 17.7 Å². The summed E-state index contributed by atoms with van der Waals surface area (Å²) in [4.78, 5) is 14.4. The molecule has 0 aromatic heterocycles. The van der Waals surface area contributed by atoms with E-state index in [1.54, 1.807) is 47.4 Å². The predicted molar refractivity (Wildman–Crippen MR) is 95.6 cm³/mol. The number of amides is 1. The first-order chi connectivity index (χ1) is 12.4. The lowest BCUT2D eigenvalue weighted by molar-refractivity contribution is -0.117. The lowest BCUT2D eigenvalue weighted by Crippen LogP contribution is -2.34. The molecule has 1 spiro atoms. The van der Waals surface area contributed by atoms with E-state index in [1.807, 2.05) is 0 Å². The van der Waals surface area contributed by atoms with Gasteiger partial charge in [0.25, 0.3) is 0 Å². The Morgan fingerprint density at radius 3 is 2.35 bits per heavy atom. The molecule has 1 atom stereocenters. The fourth-order valence-corrected chi connectivity index (χ4v) is 5.44. The first-order valence-corrected chi connectivity index (χ1v) is 9.95. The van der Waals surface area contributed by atoms with Gasteiger partial charge in [-0.3, -0.25) is 4.79 Å². The molecule has 2 saturated heterocycles. The van der Waals surface area contributed by atoms with Crippen molar-refractivity contribution >= 4 is 21.6 Å². The minimum absolute atomic E-state index is 0.0458. The first kappa shape index (κ1) is 17.2. The highest BCUT2D eigenvalue weighted by molar-refractivity contribution is 7.89. The summed E-state index contributed by atoms with van der Waals surface area (Å²) in [7, 11) is -3.55. The SMILES string of the molecule is O=C1C[C@@]2(CCN(S(=O)(=O)c3ccccc3)C2)CN1c1ccc(F)cc1. The number of rotatable bonds is 3. The standard InChI is InChI=1S/C19H19FN2O3S/c20-15-6-8-16(9-7-15)22-14-19(12-18(22)23)10-11-21(13-19)26(24,25)17-4-2-1-3-5-17/h1-9H,10-14H2/t19-/m1/s1. The van der Waals surface area contributed by atoms with Crippen LogP contribution in [0.5, 0.6) is 0 Å². The molecular formula is C19H19FN2O3S. The van der Waals surface area contributed by atoms with Crippen LogP contribution in [0.15, 0.2) is 59.5 Å². The quantitative estimate of drug-likeness (QED) is 0.830. The summed E-state index contributed by atoms with van der Waals surface area (Å²) in [6.07, 6.45) is 0.952. The van der Waals surface area contributed by atoms with Crippen LogP contribution in [0.4, 0.5) is 10.1 Å². The lowest BCUT2D eigenvalue weighted by atomic mass is 9.86. The van der Waals surface area contributed by atoms with Crippen LogP contribution < -0.4 is 4.90 Å². The molecule has 0 aliphatic carbocycles. The Morgan fingerprint density at radius 2 is 1.65 bits per heavy atom. The number of hydrogen-bond donors (Lipinski definition) is 0. The van der Waals surface area contributed by atoms with Gasteiger partial charge < -0.3 is 4.90 Å². The van der Waals surface area contributed by atoms with E-state index in [0.29, 0.717) is 38.2 Å². The zero-order valence-electron chi connectivity index (χ0n) is 14.1. The number of carbonyl (C=O) groups excluding carboxylic acids is 1. The molecule has 4 rings (SSSR count). The molecule has 2 aromatic rings. The molecule has 2 heterocycles. The molecular weight excluding hydrogens is 355 g/mol. The average Bonchev–Trinajstić information content (AvgIpc) is 3.20. The molecule has 26 heavy (non-hydrogen) atoms. The summed E-state index contributed by atoms with van der Waals surface area (Å²) in [5, 5.41) is 0. The maximum atomic E-state index is 13.1. The minimum atomic E-state index is -3.55. The molecule has 1 amide bonds. The molecule has 2 fully saturated rings. The maximum absolute atomic E-state index is 13.1. The van der Waals surface area contributed by atoms with Gasteiger partial charge >= 0.3 is 0 Å². The molecule has 0 radical (unpaired) electrons.